The number of halogens is 2. The maximum absolute atomic E-state index is 12.3. The van der Waals surface area contributed by atoms with E-state index in [0.29, 0.717) is 11.4 Å². The molecule has 0 atom stereocenters. The lowest BCUT2D eigenvalue weighted by molar-refractivity contribution is -0.0512. The Morgan fingerprint density at radius 2 is 1.92 bits per heavy atom. The zero-order chi connectivity index (χ0) is 17.6. The van der Waals surface area contributed by atoms with Gasteiger partial charge in [-0.25, -0.2) is 4.98 Å². The van der Waals surface area contributed by atoms with Crippen molar-refractivity contribution in [2.24, 2.45) is 5.10 Å². The number of hydrazone groups is 1. The molecule has 0 saturated heterocycles. The number of rotatable bonds is 6. The average molecular weight is 343 g/mol. The van der Waals surface area contributed by atoms with Gasteiger partial charge in [-0.05, 0) is 42.0 Å². The Morgan fingerprint density at radius 1 is 1.08 bits per heavy atom. The van der Waals surface area contributed by atoms with Crippen molar-refractivity contribution in [2.75, 3.05) is 12.5 Å². The molecule has 1 heterocycles. The van der Waals surface area contributed by atoms with Gasteiger partial charge in [-0.15, -0.1) is 0 Å². The van der Waals surface area contributed by atoms with Gasteiger partial charge in [-0.3, -0.25) is 5.43 Å². The van der Waals surface area contributed by atoms with Crippen molar-refractivity contribution in [1.29, 1.82) is 0 Å². The third kappa shape index (κ3) is 4.20. The standard InChI is InChI=1S/C18H15F2N3O2/c1-24-16-10-12(6-8-15(16)25-18(19)20)11-21-23-17-9-7-13-4-2-3-5-14(13)22-17/h2-11,18H,1H3,(H,22,23)/b21-11+. The number of nitrogens with zero attached hydrogens (tertiary/aromatic N) is 2. The highest BCUT2D eigenvalue weighted by Crippen LogP contribution is 2.28. The van der Waals surface area contributed by atoms with Crippen LogP contribution in [0.3, 0.4) is 0 Å². The Labute approximate surface area is 142 Å². The van der Waals surface area contributed by atoms with Gasteiger partial charge in [0.05, 0.1) is 18.8 Å². The molecule has 0 spiro atoms. The molecule has 3 aromatic rings. The van der Waals surface area contributed by atoms with E-state index in [0.717, 1.165) is 10.9 Å². The summed E-state index contributed by atoms with van der Waals surface area (Å²) in [4.78, 5) is 4.43. The Bertz CT molecular complexity index is 900. The van der Waals surface area contributed by atoms with Crippen LogP contribution in [-0.2, 0) is 0 Å². The Kier molecular flexibility index (Phi) is 5.03. The van der Waals surface area contributed by atoms with Gasteiger partial charge in [0, 0.05) is 5.39 Å². The van der Waals surface area contributed by atoms with Crippen molar-refractivity contribution in [3.63, 3.8) is 0 Å². The molecule has 3 rings (SSSR count). The van der Waals surface area contributed by atoms with Crippen LogP contribution in [0.4, 0.5) is 14.6 Å². The highest BCUT2D eigenvalue weighted by Gasteiger charge is 2.10. The lowest BCUT2D eigenvalue weighted by atomic mass is 10.2. The molecular formula is C18H15F2N3O2. The van der Waals surface area contributed by atoms with Gasteiger partial charge in [-0.2, -0.15) is 13.9 Å². The zero-order valence-electron chi connectivity index (χ0n) is 13.3. The van der Waals surface area contributed by atoms with E-state index >= 15 is 0 Å². The second kappa shape index (κ2) is 7.57. The van der Waals surface area contributed by atoms with Crippen molar-refractivity contribution in [1.82, 2.24) is 4.98 Å². The number of methoxy groups -OCH3 is 1. The highest BCUT2D eigenvalue weighted by atomic mass is 19.3. The Balaban J connectivity index is 1.72. The Hall–Kier alpha value is -3.22. The summed E-state index contributed by atoms with van der Waals surface area (Å²) in [6.07, 6.45) is 1.53. The van der Waals surface area contributed by atoms with Crippen molar-refractivity contribution >= 4 is 22.9 Å². The lowest BCUT2D eigenvalue weighted by Crippen LogP contribution is -2.03. The number of ether oxygens (including phenoxy) is 2. The minimum atomic E-state index is -2.91. The molecule has 25 heavy (non-hydrogen) atoms. The number of anilines is 1. The zero-order valence-corrected chi connectivity index (χ0v) is 13.3. The van der Waals surface area contributed by atoms with E-state index in [1.54, 1.807) is 12.1 Å². The number of benzene rings is 2. The van der Waals surface area contributed by atoms with Gasteiger partial charge < -0.3 is 9.47 Å². The minimum Gasteiger partial charge on any atom is -0.493 e. The van der Waals surface area contributed by atoms with E-state index in [-0.39, 0.29) is 11.5 Å². The fourth-order valence-electron chi connectivity index (χ4n) is 2.26. The number of hydrogen-bond donors (Lipinski definition) is 1. The quantitative estimate of drug-likeness (QED) is 0.536. The number of hydrogen-bond acceptors (Lipinski definition) is 5. The first kappa shape index (κ1) is 16.6. The van der Waals surface area contributed by atoms with E-state index in [1.807, 2.05) is 36.4 Å². The fraction of sp³-hybridized carbons (Fsp3) is 0.111. The van der Waals surface area contributed by atoms with Gasteiger partial charge in [0.25, 0.3) is 0 Å². The van der Waals surface area contributed by atoms with Crippen molar-refractivity contribution in [3.8, 4) is 11.5 Å². The third-order valence-electron chi connectivity index (χ3n) is 3.39. The van der Waals surface area contributed by atoms with Crippen molar-refractivity contribution in [3.05, 3.63) is 60.2 Å². The van der Waals surface area contributed by atoms with E-state index in [4.69, 9.17) is 4.74 Å². The fourth-order valence-corrected chi connectivity index (χ4v) is 2.26. The number of pyridine rings is 1. The summed E-state index contributed by atoms with van der Waals surface area (Å²) >= 11 is 0. The molecule has 1 N–H and O–H groups in total. The molecule has 0 fully saturated rings. The largest absolute Gasteiger partial charge is 0.493 e. The lowest BCUT2D eigenvalue weighted by Gasteiger charge is -2.10. The molecule has 1 aromatic heterocycles. The van der Waals surface area contributed by atoms with Crippen LogP contribution in [0.1, 0.15) is 5.56 Å². The number of para-hydroxylation sites is 1. The summed E-state index contributed by atoms with van der Waals surface area (Å²) in [6.45, 7) is -2.91. The molecule has 0 aliphatic rings. The number of nitrogens with one attached hydrogen (secondary N) is 1. The van der Waals surface area contributed by atoms with Gasteiger partial charge >= 0.3 is 6.61 Å². The van der Waals surface area contributed by atoms with Crippen LogP contribution in [0.2, 0.25) is 0 Å². The number of fused-ring (bicyclic) bond motifs is 1. The van der Waals surface area contributed by atoms with E-state index < -0.39 is 6.61 Å². The summed E-state index contributed by atoms with van der Waals surface area (Å²) in [5.74, 6) is 0.770. The van der Waals surface area contributed by atoms with Crippen LogP contribution in [0.15, 0.2) is 59.7 Å². The molecule has 0 radical (unpaired) electrons. The molecular weight excluding hydrogens is 328 g/mol. The molecule has 7 heteroatoms. The van der Waals surface area contributed by atoms with Crippen LogP contribution in [0.25, 0.3) is 10.9 Å². The van der Waals surface area contributed by atoms with Crippen molar-refractivity contribution < 1.29 is 18.3 Å². The van der Waals surface area contributed by atoms with Crippen LogP contribution in [-0.4, -0.2) is 24.9 Å². The average Bonchev–Trinajstić information content (AvgIpc) is 2.62. The predicted molar refractivity (Wildman–Crippen MR) is 92.6 cm³/mol. The van der Waals surface area contributed by atoms with Crippen LogP contribution >= 0.6 is 0 Å². The molecule has 0 unspecified atom stereocenters. The maximum Gasteiger partial charge on any atom is 0.387 e. The van der Waals surface area contributed by atoms with Crippen LogP contribution < -0.4 is 14.9 Å². The summed E-state index contributed by atoms with van der Waals surface area (Å²) in [6, 6.07) is 16.1. The maximum atomic E-state index is 12.3. The first-order chi connectivity index (χ1) is 12.2. The van der Waals surface area contributed by atoms with Crippen LogP contribution in [0, 0.1) is 0 Å². The second-order valence-electron chi connectivity index (χ2n) is 5.05. The molecule has 0 amide bonds. The van der Waals surface area contributed by atoms with Gasteiger partial charge in [-0.1, -0.05) is 18.2 Å². The molecule has 2 aromatic carbocycles. The van der Waals surface area contributed by atoms with Gasteiger partial charge in [0.2, 0.25) is 0 Å². The molecule has 0 aliphatic carbocycles. The first-order valence-corrected chi connectivity index (χ1v) is 7.43. The van der Waals surface area contributed by atoms with E-state index in [9.17, 15) is 8.78 Å². The van der Waals surface area contributed by atoms with Crippen LogP contribution in [0.5, 0.6) is 11.5 Å². The topological polar surface area (TPSA) is 55.7 Å². The summed E-state index contributed by atoms with van der Waals surface area (Å²) in [5, 5.41) is 5.14. The highest BCUT2D eigenvalue weighted by molar-refractivity contribution is 5.82. The number of aromatic nitrogens is 1. The predicted octanol–water partition coefficient (Wildman–Crippen LogP) is 4.29. The van der Waals surface area contributed by atoms with E-state index in [1.165, 1.54) is 19.4 Å². The third-order valence-corrected chi connectivity index (χ3v) is 3.39. The number of alkyl halides is 2. The molecule has 0 saturated carbocycles. The van der Waals surface area contributed by atoms with Gasteiger partial charge in [0.15, 0.2) is 11.5 Å². The SMILES string of the molecule is COc1cc(/C=N/Nc2ccc3ccccc3n2)ccc1OC(F)F. The van der Waals surface area contributed by atoms with Crippen molar-refractivity contribution in [2.45, 2.75) is 6.61 Å². The smallest absolute Gasteiger partial charge is 0.387 e. The summed E-state index contributed by atoms with van der Waals surface area (Å²) in [7, 11) is 1.38. The minimum absolute atomic E-state index is 0.0289. The monoisotopic (exact) mass is 343 g/mol. The van der Waals surface area contributed by atoms with Gasteiger partial charge in [0.1, 0.15) is 5.82 Å². The molecule has 128 valence electrons. The summed E-state index contributed by atoms with van der Waals surface area (Å²) < 4.78 is 34.1. The van der Waals surface area contributed by atoms with E-state index in [2.05, 4.69) is 20.2 Å². The second-order valence-corrected chi connectivity index (χ2v) is 5.05. The normalized spacial score (nSPS) is 11.2. The first-order valence-electron chi connectivity index (χ1n) is 7.43. The molecule has 0 bridgehead atoms. The molecule has 0 aliphatic heterocycles. The summed E-state index contributed by atoms with van der Waals surface area (Å²) in [5.41, 5.74) is 4.35. The molecule has 5 nitrogen and oxygen atoms in total. The Morgan fingerprint density at radius 3 is 2.72 bits per heavy atom.